The van der Waals surface area contributed by atoms with Gasteiger partial charge in [-0.3, -0.25) is 0 Å². The Morgan fingerprint density at radius 1 is 0.189 bits per heavy atom. The van der Waals surface area contributed by atoms with Gasteiger partial charge in [-0.2, -0.15) is 0 Å². The fourth-order valence-electron chi connectivity index (χ4n) is 13.1. The topological polar surface area (TPSA) is 25.8 Å². The molecule has 0 radical (unpaired) electrons. The Hall–Kier alpha value is -9.50. The molecule has 1 aromatic heterocycles. The molecule has 0 amide bonds. The summed E-state index contributed by atoms with van der Waals surface area (Å²) in [6.45, 7) is 0. The summed E-state index contributed by atoms with van der Waals surface area (Å²) < 4.78 is 0. The first-order valence-electron chi connectivity index (χ1n) is 25.6. The minimum absolute atomic E-state index is 0.490. The summed E-state index contributed by atoms with van der Waals surface area (Å²) in [5.41, 5.74) is 26.4. The van der Waals surface area contributed by atoms with Gasteiger partial charge in [0.15, 0.2) is 5.82 Å². The predicted molar refractivity (Wildman–Crippen MR) is 303 cm³/mol. The zero-order valence-corrected chi connectivity index (χ0v) is 40.5. The number of rotatable bonds is 6. The van der Waals surface area contributed by atoms with Gasteiger partial charge in [0.05, 0.1) is 22.2 Å². The summed E-state index contributed by atoms with van der Waals surface area (Å²) in [5, 5.41) is 0. The molecule has 0 aliphatic heterocycles. The quantitative estimate of drug-likeness (QED) is 0.166. The van der Waals surface area contributed by atoms with Crippen LogP contribution in [0.2, 0.25) is 0 Å². The standard InChI is InChI=1S/C72H46N2/c1-3-20-47(21-4-1)49-24-17-27-53(42-49)68-46-69(74-70(73-68)55-29-19-25-50(44-55)48-22-5-2-6-23-48)54-28-18-26-51(43-54)52-40-41-59-58-32-9-12-35-62(58)72(67(59)45-52)65-38-15-13-36-63(65)71(64-37-14-16-39-66(64)72)60-33-10-7-30-56(60)57-31-8-11-34-61(57)71/h1-46H. The Bertz CT molecular complexity index is 4010. The van der Waals surface area contributed by atoms with Gasteiger partial charge in [0.1, 0.15) is 0 Å². The maximum atomic E-state index is 5.41. The molecule has 0 saturated heterocycles. The van der Waals surface area contributed by atoms with Gasteiger partial charge in [0.25, 0.3) is 0 Å². The van der Waals surface area contributed by atoms with E-state index in [0.717, 1.165) is 55.9 Å². The molecular weight excluding hydrogens is 893 g/mol. The molecule has 2 nitrogen and oxygen atoms in total. The van der Waals surface area contributed by atoms with E-state index in [1.807, 2.05) is 0 Å². The fraction of sp³-hybridized carbons (Fsp3) is 0.0278. The van der Waals surface area contributed by atoms with Gasteiger partial charge in [-0.15, -0.1) is 0 Å². The van der Waals surface area contributed by atoms with Gasteiger partial charge in [-0.05, 0) is 130 Å². The fourth-order valence-corrected chi connectivity index (χ4v) is 13.1. The zero-order chi connectivity index (χ0) is 48.8. The molecule has 0 atom stereocenters. The lowest BCUT2D eigenvalue weighted by Gasteiger charge is -2.48. The molecule has 12 aromatic rings. The molecule has 0 saturated carbocycles. The highest BCUT2D eigenvalue weighted by atomic mass is 14.9. The van der Waals surface area contributed by atoms with E-state index in [9.17, 15) is 0 Å². The number of hydrogen-bond acceptors (Lipinski definition) is 2. The molecule has 15 rings (SSSR count). The van der Waals surface area contributed by atoms with Crippen molar-refractivity contribution in [1.29, 1.82) is 0 Å². The second-order valence-corrected chi connectivity index (χ2v) is 19.9. The van der Waals surface area contributed by atoms with E-state index < -0.39 is 10.8 Å². The van der Waals surface area contributed by atoms with Crippen molar-refractivity contribution in [1.82, 2.24) is 9.97 Å². The van der Waals surface area contributed by atoms with E-state index in [1.54, 1.807) is 0 Å². The SMILES string of the molecule is c1ccc(-c2cccc(-c3cc(-c4cccc(-c5ccc6c(c5)C5(c7ccccc7-6)c6ccccc6C6(c7ccccc7-c7ccccc76)c6ccccc65)c4)nc(-c4cccc(-c5ccccc5)c4)n3)c2)cc1. The summed E-state index contributed by atoms with van der Waals surface area (Å²) in [4.78, 5) is 10.7. The van der Waals surface area contributed by atoms with Crippen molar-refractivity contribution in [2.24, 2.45) is 0 Å². The minimum Gasteiger partial charge on any atom is -0.228 e. The van der Waals surface area contributed by atoms with Gasteiger partial charge in [0.2, 0.25) is 0 Å². The molecule has 2 spiro atoms. The summed E-state index contributed by atoms with van der Waals surface area (Å²) in [5.74, 6) is 0.683. The smallest absolute Gasteiger partial charge is 0.160 e. The lowest BCUT2D eigenvalue weighted by atomic mass is 9.52. The monoisotopic (exact) mass is 938 g/mol. The van der Waals surface area contributed by atoms with Crippen LogP contribution in [0, 0.1) is 0 Å². The van der Waals surface area contributed by atoms with Crippen LogP contribution in [-0.4, -0.2) is 9.97 Å². The molecule has 0 fully saturated rings. The first-order valence-corrected chi connectivity index (χ1v) is 25.6. The van der Waals surface area contributed by atoms with E-state index in [1.165, 1.54) is 72.3 Å². The Morgan fingerprint density at radius 2 is 0.500 bits per heavy atom. The highest BCUT2D eigenvalue weighted by molar-refractivity contribution is 5.95. The van der Waals surface area contributed by atoms with E-state index in [4.69, 9.17) is 9.97 Å². The van der Waals surface area contributed by atoms with Crippen LogP contribution >= 0.6 is 0 Å². The van der Waals surface area contributed by atoms with Crippen LogP contribution in [0.1, 0.15) is 44.5 Å². The van der Waals surface area contributed by atoms with E-state index >= 15 is 0 Å². The first kappa shape index (κ1) is 42.2. The van der Waals surface area contributed by atoms with Crippen LogP contribution in [0.25, 0.3) is 89.5 Å². The minimum atomic E-state index is -0.580. The summed E-state index contributed by atoms with van der Waals surface area (Å²) in [6, 6.07) is 103. The molecule has 344 valence electrons. The van der Waals surface area contributed by atoms with E-state index in [0.29, 0.717) is 5.82 Å². The number of hydrogen-bond donors (Lipinski definition) is 0. The van der Waals surface area contributed by atoms with E-state index in [-0.39, 0.29) is 0 Å². The van der Waals surface area contributed by atoms with Crippen LogP contribution in [0.15, 0.2) is 279 Å². The van der Waals surface area contributed by atoms with E-state index in [2.05, 4.69) is 279 Å². The molecule has 0 unspecified atom stereocenters. The first-order chi connectivity index (χ1) is 36.7. The summed E-state index contributed by atoms with van der Waals surface area (Å²) in [7, 11) is 0. The van der Waals surface area contributed by atoms with Gasteiger partial charge >= 0.3 is 0 Å². The third-order valence-electron chi connectivity index (χ3n) is 16.2. The normalized spacial score (nSPS) is 13.6. The zero-order valence-electron chi connectivity index (χ0n) is 40.5. The maximum absolute atomic E-state index is 5.41. The average Bonchev–Trinajstić information content (AvgIpc) is 4.00. The van der Waals surface area contributed by atoms with Gasteiger partial charge < -0.3 is 0 Å². The summed E-state index contributed by atoms with van der Waals surface area (Å²) in [6.07, 6.45) is 0. The molecule has 2 heteroatoms. The number of benzene rings is 11. The largest absolute Gasteiger partial charge is 0.228 e. The molecule has 0 bridgehead atoms. The van der Waals surface area contributed by atoms with Crippen molar-refractivity contribution in [3.63, 3.8) is 0 Å². The van der Waals surface area contributed by atoms with Crippen molar-refractivity contribution in [2.45, 2.75) is 10.8 Å². The molecular formula is C72H46N2. The highest BCUT2D eigenvalue weighted by Crippen LogP contribution is 2.67. The van der Waals surface area contributed by atoms with Crippen molar-refractivity contribution in [2.75, 3.05) is 0 Å². The summed E-state index contributed by atoms with van der Waals surface area (Å²) >= 11 is 0. The van der Waals surface area contributed by atoms with Gasteiger partial charge in [0, 0.05) is 16.7 Å². The lowest BCUT2D eigenvalue weighted by Crippen LogP contribution is -2.43. The van der Waals surface area contributed by atoms with Crippen molar-refractivity contribution < 1.29 is 0 Å². The molecule has 1 heterocycles. The van der Waals surface area contributed by atoms with Crippen LogP contribution in [0.4, 0.5) is 0 Å². The highest BCUT2D eigenvalue weighted by Gasteiger charge is 2.58. The predicted octanol–water partition coefficient (Wildman–Crippen LogP) is 17.5. The Balaban J connectivity index is 0.913. The van der Waals surface area contributed by atoms with Crippen molar-refractivity contribution >= 4 is 0 Å². The second kappa shape index (κ2) is 16.5. The van der Waals surface area contributed by atoms with Crippen LogP contribution < -0.4 is 0 Å². The molecule has 3 aliphatic carbocycles. The third-order valence-corrected chi connectivity index (χ3v) is 16.2. The van der Waals surface area contributed by atoms with Crippen molar-refractivity contribution in [3.8, 4) is 89.5 Å². The molecule has 0 N–H and O–H groups in total. The number of nitrogens with zero attached hydrogens (tertiary/aromatic N) is 2. The third kappa shape index (κ3) is 6.12. The van der Waals surface area contributed by atoms with Gasteiger partial charge in [-0.25, -0.2) is 9.97 Å². The molecule has 11 aromatic carbocycles. The van der Waals surface area contributed by atoms with Gasteiger partial charge in [-0.1, -0.05) is 249 Å². The average molecular weight is 939 g/mol. The Labute approximate surface area is 431 Å². The van der Waals surface area contributed by atoms with Crippen LogP contribution in [0.5, 0.6) is 0 Å². The number of fused-ring (bicyclic) bond motifs is 16. The Morgan fingerprint density at radius 3 is 0.959 bits per heavy atom. The van der Waals surface area contributed by atoms with Crippen LogP contribution in [0.3, 0.4) is 0 Å². The van der Waals surface area contributed by atoms with Crippen LogP contribution in [-0.2, 0) is 10.8 Å². The maximum Gasteiger partial charge on any atom is 0.160 e. The Kier molecular flexibility index (Phi) is 9.43. The second-order valence-electron chi connectivity index (χ2n) is 19.9. The van der Waals surface area contributed by atoms with Crippen molar-refractivity contribution in [3.05, 3.63) is 324 Å². The molecule has 74 heavy (non-hydrogen) atoms. The lowest BCUT2D eigenvalue weighted by molar-refractivity contribution is 0.633. The number of aromatic nitrogens is 2. The molecule has 3 aliphatic rings.